The van der Waals surface area contributed by atoms with E-state index in [-0.39, 0.29) is 18.3 Å². The monoisotopic (exact) mass is 166 g/mol. The second-order valence-electron chi connectivity index (χ2n) is 2.36. The third-order valence-corrected chi connectivity index (χ3v) is 1.66. The lowest BCUT2D eigenvalue weighted by molar-refractivity contribution is 0.111. The summed E-state index contributed by atoms with van der Waals surface area (Å²) in [5.74, 6) is 0.567. The summed E-state index contributed by atoms with van der Waals surface area (Å²) in [6.45, 7) is 0.0494. The van der Waals surface area contributed by atoms with Gasteiger partial charge in [-0.25, -0.2) is 0 Å². The number of carbonyl (C=O) groups excluding carboxylic acids is 1. The Kier molecular flexibility index (Phi) is 1.40. The van der Waals surface area contributed by atoms with Crippen molar-refractivity contribution in [2.75, 3.05) is 6.79 Å². The fraction of sp³-hybridized carbons (Fsp3) is 0.125. The van der Waals surface area contributed by atoms with Gasteiger partial charge in [0.1, 0.15) is 0 Å². The molecule has 0 aliphatic carbocycles. The smallest absolute Gasteiger partial charge is 0.231 e. The molecular weight excluding hydrogens is 160 g/mol. The molecule has 2 rings (SSSR count). The number of benzene rings is 1. The average Bonchev–Trinajstić information content (AvgIpc) is 2.54. The normalized spacial score (nSPS) is 13.0. The Morgan fingerprint density at radius 1 is 1.33 bits per heavy atom. The number of ether oxygens (including phenoxy) is 2. The summed E-state index contributed by atoms with van der Waals surface area (Å²) in [6, 6.07) is 2.88. The molecule has 0 saturated heterocycles. The molecule has 1 heterocycles. The maximum absolute atomic E-state index is 10.5. The summed E-state index contributed by atoms with van der Waals surface area (Å²) >= 11 is 0. The number of phenolic OH excluding ortho intramolecular Hbond substituents is 1. The Hall–Kier alpha value is -1.71. The third-order valence-electron chi connectivity index (χ3n) is 1.66. The number of hydrogen-bond acceptors (Lipinski definition) is 4. The van der Waals surface area contributed by atoms with Gasteiger partial charge in [-0.15, -0.1) is 0 Å². The fourth-order valence-electron chi connectivity index (χ4n) is 1.10. The van der Waals surface area contributed by atoms with Gasteiger partial charge in [-0.1, -0.05) is 0 Å². The van der Waals surface area contributed by atoms with Crippen molar-refractivity contribution in [2.24, 2.45) is 0 Å². The van der Waals surface area contributed by atoms with Gasteiger partial charge in [0, 0.05) is 0 Å². The van der Waals surface area contributed by atoms with Crippen molar-refractivity contribution < 1.29 is 19.4 Å². The molecule has 4 nitrogen and oxygen atoms in total. The van der Waals surface area contributed by atoms with Gasteiger partial charge in [0.2, 0.25) is 12.5 Å². The molecule has 1 N–H and O–H groups in total. The Balaban J connectivity index is 2.64. The van der Waals surface area contributed by atoms with E-state index in [1.54, 1.807) is 0 Å². The van der Waals surface area contributed by atoms with Gasteiger partial charge < -0.3 is 14.6 Å². The van der Waals surface area contributed by atoms with Crippen LogP contribution in [0.3, 0.4) is 0 Å². The van der Waals surface area contributed by atoms with Crippen LogP contribution >= 0.6 is 0 Å². The van der Waals surface area contributed by atoms with E-state index < -0.39 is 0 Å². The van der Waals surface area contributed by atoms with Crippen molar-refractivity contribution >= 4 is 6.29 Å². The van der Waals surface area contributed by atoms with Crippen molar-refractivity contribution in [1.82, 2.24) is 0 Å². The predicted molar refractivity (Wildman–Crippen MR) is 39.6 cm³/mol. The molecule has 0 saturated carbocycles. The zero-order valence-electron chi connectivity index (χ0n) is 6.11. The minimum Gasteiger partial charge on any atom is -0.504 e. The molecule has 1 aromatic carbocycles. The van der Waals surface area contributed by atoms with E-state index in [1.165, 1.54) is 12.1 Å². The van der Waals surface area contributed by atoms with E-state index in [0.29, 0.717) is 17.6 Å². The molecule has 1 aliphatic rings. The highest BCUT2D eigenvalue weighted by atomic mass is 16.7. The third kappa shape index (κ3) is 0.812. The van der Waals surface area contributed by atoms with Gasteiger partial charge in [-0.05, 0) is 12.1 Å². The van der Waals surface area contributed by atoms with Gasteiger partial charge in [-0.2, -0.15) is 0 Å². The molecule has 0 radical (unpaired) electrons. The summed E-state index contributed by atoms with van der Waals surface area (Å²) in [6.07, 6.45) is 0.660. The number of hydrogen-bond donors (Lipinski definition) is 1. The Labute approximate surface area is 68.3 Å². The van der Waals surface area contributed by atoms with Gasteiger partial charge in [0.25, 0.3) is 0 Å². The summed E-state index contributed by atoms with van der Waals surface area (Å²) < 4.78 is 9.93. The molecule has 1 aromatic rings. The second-order valence-corrected chi connectivity index (χ2v) is 2.36. The van der Waals surface area contributed by atoms with E-state index in [4.69, 9.17) is 9.47 Å². The first-order chi connectivity index (χ1) is 5.83. The van der Waals surface area contributed by atoms with Crippen LogP contribution in [0.2, 0.25) is 0 Å². The van der Waals surface area contributed by atoms with Crippen molar-refractivity contribution in [2.45, 2.75) is 0 Å². The van der Waals surface area contributed by atoms with Gasteiger partial charge in [0.15, 0.2) is 17.8 Å². The first kappa shape index (κ1) is 6.97. The molecule has 0 aromatic heterocycles. The second kappa shape index (κ2) is 2.41. The molecule has 0 bridgehead atoms. The van der Waals surface area contributed by atoms with Gasteiger partial charge in [-0.3, -0.25) is 4.79 Å². The lowest BCUT2D eigenvalue weighted by atomic mass is 10.2. The predicted octanol–water partition coefficient (Wildman–Crippen LogP) is 0.933. The van der Waals surface area contributed by atoms with Crippen LogP contribution in [0.25, 0.3) is 0 Å². The maximum Gasteiger partial charge on any atom is 0.231 e. The molecule has 0 unspecified atom stereocenters. The summed E-state index contributed by atoms with van der Waals surface area (Å²) in [5, 5.41) is 9.23. The molecule has 0 fully saturated rings. The highest BCUT2D eigenvalue weighted by Gasteiger charge is 2.20. The highest BCUT2D eigenvalue weighted by molar-refractivity contribution is 5.82. The first-order valence-electron chi connectivity index (χ1n) is 3.39. The summed E-state index contributed by atoms with van der Waals surface area (Å²) in [4.78, 5) is 10.5. The Bertz CT molecular complexity index is 332. The van der Waals surface area contributed by atoms with Crippen LogP contribution in [0, 0.1) is 0 Å². The van der Waals surface area contributed by atoms with Crippen molar-refractivity contribution in [3.63, 3.8) is 0 Å². The minimum atomic E-state index is -0.00639. The number of aromatic hydroxyl groups is 1. The molecule has 62 valence electrons. The Morgan fingerprint density at radius 2 is 2.08 bits per heavy atom. The van der Waals surface area contributed by atoms with Crippen molar-refractivity contribution in [3.8, 4) is 17.2 Å². The van der Waals surface area contributed by atoms with E-state index in [1.807, 2.05) is 0 Å². The quantitative estimate of drug-likeness (QED) is 0.630. The van der Waals surface area contributed by atoms with Crippen LogP contribution in [0.1, 0.15) is 10.4 Å². The topological polar surface area (TPSA) is 55.8 Å². The van der Waals surface area contributed by atoms with Crippen LogP contribution < -0.4 is 9.47 Å². The maximum atomic E-state index is 10.5. The Morgan fingerprint density at radius 3 is 2.83 bits per heavy atom. The zero-order chi connectivity index (χ0) is 8.55. The standard InChI is InChI=1S/C8H6O4/c9-3-5-1-2-6(10)8-7(5)11-4-12-8/h1-3,10H,4H2. The SMILES string of the molecule is O=Cc1ccc(O)c2c1OCO2. The first-order valence-corrected chi connectivity index (χ1v) is 3.39. The van der Waals surface area contributed by atoms with Gasteiger partial charge in [0.05, 0.1) is 5.56 Å². The zero-order valence-corrected chi connectivity index (χ0v) is 6.11. The van der Waals surface area contributed by atoms with E-state index in [9.17, 15) is 9.90 Å². The number of carbonyl (C=O) groups is 1. The molecule has 0 spiro atoms. The van der Waals surface area contributed by atoms with Crippen LogP contribution in [-0.4, -0.2) is 18.2 Å². The van der Waals surface area contributed by atoms with E-state index in [0.717, 1.165) is 0 Å². The largest absolute Gasteiger partial charge is 0.504 e. The van der Waals surface area contributed by atoms with Crippen LogP contribution in [0.5, 0.6) is 17.2 Å². The summed E-state index contributed by atoms with van der Waals surface area (Å²) in [5.41, 5.74) is 0.389. The lowest BCUT2D eigenvalue weighted by Crippen LogP contribution is -1.94. The molecule has 0 atom stereocenters. The minimum absolute atomic E-state index is 0.00639. The number of fused-ring (bicyclic) bond motifs is 1. The highest BCUT2D eigenvalue weighted by Crippen LogP contribution is 2.41. The molecule has 4 heteroatoms. The number of rotatable bonds is 1. The van der Waals surface area contributed by atoms with Gasteiger partial charge >= 0.3 is 0 Å². The molecule has 12 heavy (non-hydrogen) atoms. The van der Waals surface area contributed by atoms with Crippen LogP contribution in [0.15, 0.2) is 12.1 Å². The van der Waals surface area contributed by atoms with E-state index >= 15 is 0 Å². The fourth-order valence-corrected chi connectivity index (χ4v) is 1.10. The number of aldehydes is 1. The van der Waals surface area contributed by atoms with Crippen molar-refractivity contribution in [1.29, 1.82) is 0 Å². The summed E-state index contributed by atoms with van der Waals surface area (Å²) in [7, 11) is 0. The number of phenols is 1. The van der Waals surface area contributed by atoms with E-state index in [2.05, 4.69) is 0 Å². The average molecular weight is 166 g/mol. The molecule has 0 amide bonds. The lowest BCUT2D eigenvalue weighted by Gasteiger charge is -1.99. The van der Waals surface area contributed by atoms with Crippen LogP contribution in [0.4, 0.5) is 0 Å². The molecule has 1 aliphatic heterocycles. The van der Waals surface area contributed by atoms with Crippen LogP contribution in [-0.2, 0) is 0 Å². The van der Waals surface area contributed by atoms with Crippen molar-refractivity contribution in [3.05, 3.63) is 17.7 Å². The molecular formula is C8H6O4.